The molecule has 0 radical (unpaired) electrons. The van der Waals surface area contributed by atoms with Gasteiger partial charge >= 0.3 is 0 Å². The second kappa shape index (κ2) is 27.2. The van der Waals surface area contributed by atoms with Crippen molar-refractivity contribution in [2.45, 2.75) is 161 Å². The molecule has 1 nitrogen and oxygen atoms in total. The third-order valence-corrected chi connectivity index (χ3v) is 6.05. The van der Waals surface area contributed by atoms with E-state index < -0.39 is 0 Å². The van der Waals surface area contributed by atoms with Gasteiger partial charge in [0.2, 0.25) is 0 Å². The van der Waals surface area contributed by atoms with E-state index >= 15 is 0 Å². The summed E-state index contributed by atoms with van der Waals surface area (Å²) >= 11 is 0. The van der Waals surface area contributed by atoms with Crippen LogP contribution in [0, 0.1) is 11.3 Å². The van der Waals surface area contributed by atoms with Crippen molar-refractivity contribution < 1.29 is 0 Å². The smallest absolute Gasteiger partial charge is 0.0621 e. The van der Waals surface area contributed by atoms with Crippen LogP contribution in [0.1, 0.15) is 161 Å². The van der Waals surface area contributed by atoms with Gasteiger partial charge in [-0.3, -0.25) is 0 Å². The van der Waals surface area contributed by atoms with Crippen LogP contribution in [-0.2, 0) is 0 Å². The highest BCUT2D eigenvalue weighted by Crippen LogP contribution is 2.14. The Morgan fingerprint density at radius 3 is 1.10 bits per heavy atom. The van der Waals surface area contributed by atoms with E-state index in [2.05, 4.69) is 25.1 Å². The molecule has 0 aliphatic carbocycles. The molecule has 0 bridgehead atoms. The first kappa shape index (κ1) is 28.2. The molecule has 0 aromatic heterocycles. The summed E-state index contributed by atoms with van der Waals surface area (Å²) in [5.74, 6) is 0. The maximum Gasteiger partial charge on any atom is 0.0621 e. The SMILES string of the molecule is CCCCCCCCCCCCCCCCCCCC=CCCCCCCC#N. The molecular formula is C28H53N. The third-order valence-electron chi connectivity index (χ3n) is 6.05. The molecule has 0 N–H and O–H groups in total. The van der Waals surface area contributed by atoms with Crippen LogP contribution >= 0.6 is 0 Å². The Hall–Kier alpha value is -0.770. The fourth-order valence-corrected chi connectivity index (χ4v) is 4.04. The summed E-state index contributed by atoms with van der Waals surface area (Å²) in [5.41, 5.74) is 0. The van der Waals surface area contributed by atoms with Gasteiger partial charge < -0.3 is 0 Å². The standard InChI is InChI=1S/C28H53N/c1-2-3-4-5-6-7-8-9-10-11-12-13-14-15-16-17-18-19-20-21-22-23-24-25-26-27-28-29/h20-21H,2-19,22-27H2,1H3. The molecule has 0 saturated heterocycles. The van der Waals surface area contributed by atoms with Crippen molar-refractivity contribution in [2.75, 3.05) is 0 Å². The van der Waals surface area contributed by atoms with E-state index in [1.54, 1.807) is 0 Å². The number of rotatable bonds is 24. The number of hydrogen-bond donors (Lipinski definition) is 0. The van der Waals surface area contributed by atoms with Gasteiger partial charge in [0.15, 0.2) is 0 Å². The number of unbranched alkanes of at least 4 members (excludes halogenated alkanes) is 22. The normalized spacial score (nSPS) is 11.3. The molecule has 0 atom stereocenters. The lowest BCUT2D eigenvalue weighted by Gasteiger charge is -2.03. The Labute approximate surface area is 184 Å². The molecule has 0 heterocycles. The number of hydrogen-bond acceptors (Lipinski definition) is 1. The largest absolute Gasteiger partial charge is 0.198 e. The predicted octanol–water partition coefficient (Wildman–Crippen LogP) is 10.4. The molecule has 0 amide bonds. The van der Waals surface area contributed by atoms with Crippen LogP contribution in [0.2, 0.25) is 0 Å². The van der Waals surface area contributed by atoms with Gasteiger partial charge in [0.1, 0.15) is 0 Å². The average Bonchev–Trinajstić information content (AvgIpc) is 2.74. The molecule has 0 aromatic rings. The van der Waals surface area contributed by atoms with E-state index in [4.69, 9.17) is 5.26 Å². The highest BCUT2D eigenvalue weighted by molar-refractivity contribution is 4.81. The number of nitriles is 1. The molecule has 170 valence electrons. The maximum absolute atomic E-state index is 8.49. The second-order valence-electron chi connectivity index (χ2n) is 9.03. The second-order valence-corrected chi connectivity index (χ2v) is 9.03. The molecule has 0 unspecified atom stereocenters. The zero-order chi connectivity index (χ0) is 21.1. The van der Waals surface area contributed by atoms with Crippen LogP contribution in [0.15, 0.2) is 12.2 Å². The molecule has 0 saturated carbocycles. The Morgan fingerprint density at radius 1 is 0.448 bits per heavy atom. The summed E-state index contributed by atoms with van der Waals surface area (Å²) in [6.07, 6.45) is 37.5. The zero-order valence-electron chi connectivity index (χ0n) is 20.1. The lowest BCUT2D eigenvalue weighted by Crippen LogP contribution is -1.83. The Morgan fingerprint density at radius 2 is 0.759 bits per heavy atom. The summed E-state index contributed by atoms with van der Waals surface area (Å²) in [5, 5.41) is 8.49. The molecule has 0 aromatic carbocycles. The maximum atomic E-state index is 8.49. The minimum atomic E-state index is 0.731. The van der Waals surface area contributed by atoms with Crippen LogP contribution in [0.25, 0.3) is 0 Å². The first-order chi connectivity index (χ1) is 14.4. The third kappa shape index (κ3) is 27.2. The highest BCUT2D eigenvalue weighted by Gasteiger charge is 1.94. The van der Waals surface area contributed by atoms with Gasteiger partial charge in [-0.25, -0.2) is 0 Å². The Kier molecular flexibility index (Phi) is 26.5. The molecule has 0 rings (SSSR count). The van der Waals surface area contributed by atoms with Gasteiger partial charge in [0.05, 0.1) is 6.07 Å². The summed E-state index contributed by atoms with van der Waals surface area (Å²) < 4.78 is 0. The Balaban J connectivity index is 3.05. The van der Waals surface area contributed by atoms with E-state index in [0.29, 0.717) is 0 Å². The molecule has 29 heavy (non-hydrogen) atoms. The lowest BCUT2D eigenvalue weighted by atomic mass is 10.0. The molecule has 1 heteroatoms. The van der Waals surface area contributed by atoms with E-state index in [9.17, 15) is 0 Å². The molecular weight excluding hydrogens is 350 g/mol. The van der Waals surface area contributed by atoms with Gasteiger partial charge in [-0.15, -0.1) is 0 Å². The molecule has 0 spiro atoms. The van der Waals surface area contributed by atoms with E-state index in [1.807, 2.05) is 0 Å². The van der Waals surface area contributed by atoms with Crippen molar-refractivity contribution in [3.05, 3.63) is 12.2 Å². The molecule has 0 aliphatic heterocycles. The van der Waals surface area contributed by atoms with Crippen LogP contribution in [-0.4, -0.2) is 0 Å². The quantitative estimate of drug-likeness (QED) is 0.116. The minimum absolute atomic E-state index is 0.731. The van der Waals surface area contributed by atoms with E-state index in [0.717, 1.165) is 12.8 Å². The first-order valence-corrected chi connectivity index (χ1v) is 13.4. The van der Waals surface area contributed by atoms with Crippen molar-refractivity contribution >= 4 is 0 Å². The van der Waals surface area contributed by atoms with Crippen LogP contribution in [0.3, 0.4) is 0 Å². The van der Waals surface area contributed by atoms with E-state index in [-0.39, 0.29) is 0 Å². The number of allylic oxidation sites excluding steroid dienone is 2. The van der Waals surface area contributed by atoms with Gasteiger partial charge in [0.25, 0.3) is 0 Å². The van der Waals surface area contributed by atoms with Gasteiger partial charge in [-0.2, -0.15) is 5.26 Å². The van der Waals surface area contributed by atoms with Gasteiger partial charge in [0, 0.05) is 6.42 Å². The highest BCUT2D eigenvalue weighted by atomic mass is 14.2. The predicted molar refractivity (Wildman–Crippen MR) is 131 cm³/mol. The Bertz CT molecular complexity index is 352. The monoisotopic (exact) mass is 403 g/mol. The van der Waals surface area contributed by atoms with Crippen molar-refractivity contribution in [1.82, 2.24) is 0 Å². The summed E-state index contributed by atoms with van der Waals surface area (Å²) in [7, 11) is 0. The van der Waals surface area contributed by atoms with Gasteiger partial charge in [-0.1, -0.05) is 135 Å². The fraction of sp³-hybridized carbons (Fsp3) is 0.893. The van der Waals surface area contributed by atoms with Crippen LogP contribution < -0.4 is 0 Å². The van der Waals surface area contributed by atoms with E-state index in [1.165, 1.54) is 141 Å². The zero-order valence-corrected chi connectivity index (χ0v) is 20.1. The molecule has 0 fully saturated rings. The minimum Gasteiger partial charge on any atom is -0.198 e. The first-order valence-electron chi connectivity index (χ1n) is 13.4. The molecule has 0 aliphatic rings. The van der Waals surface area contributed by atoms with Crippen molar-refractivity contribution in [3.63, 3.8) is 0 Å². The van der Waals surface area contributed by atoms with Crippen LogP contribution in [0.4, 0.5) is 0 Å². The summed E-state index contributed by atoms with van der Waals surface area (Å²) in [6.45, 7) is 2.30. The summed E-state index contributed by atoms with van der Waals surface area (Å²) in [6, 6.07) is 2.22. The van der Waals surface area contributed by atoms with Gasteiger partial charge in [-0.05, 0) is 32.1 Å². The van der Waals surface area contributed by atoms with Crippen LogP contribution in [0.5, 0.6) is 0 Å². The average molecular weight is 404 g/mol. The summed E-state index contributed by atoms with van der Waals surface area (Å²) in [4.78, 5) is 0. The van der Waals surface area contributed by atoms with Crippen molar-refractivity contribution in [3.8, 4) is 6.07 Å². The number of nitrogens with zero attached hydrogens (tertiary/aromatic N) is 1. The lowest BCUT2D eigenvalue weighted by molar-refractivity contribution is 0.527. The fourth-order valence-electron chi connectivity index (χ4n) is 4.04. The topological polar surface area (TPSA) is 23.8 Å². The van der Waals surface area contributed by atoms with Crippen molar-refractivity contribution in [1.29, 1.82) is 5.26 Å². The van der Waals surface area contributed by atoms with Crippen molar-refractivity contribution in [2.24, 2.45) is 0 Å².